The Morgan fingerprint density at radius 1 is 0.367 bits per heavy atom. The van der Waals surface area contributed by atoms with E-state index in [1.807, 2.05) is 60.7 Å². The zero-order valence-corrected chi connectivity index (χ0v) is 27.3. The molecule has 1 heterocycles. The van der Waals surface area contributed by atoms with Crippen LogP contribution in [0.3, 0.4) is 0 Å². The van der Waals surface area contributed by atoms with Crippen molar-refractivity contribution in [3.63, 3.8) is 0 Å². The van der Waals surface area contributed by atoms with E-state index in [-0.39, 0.29) is 5.41 Å². The summed E-state index contributed by atoms with van der Waals surface area (Å²) in [6, 6.07) is 54.3. The number of hydrogen-bond donors (Lipinski definition) is 0. The molecule has 0 spiro atoms. The molecule has 1 aromatic heterocycles. The lowest BCUT2D eigenvalue weighted by atomic mass is 9.81. The number of rotatable bonds is 4. The van der Waals surface area contributed by atoms with Crippen molar-refractivity contribution in [3.05, 3.63) is 163 Å². The third kappa shape index (κ3) is 4.25. The molecule has 0 N–H and O–H groups in total. The minimum absolute atomic E-state index is 0.160. The lowest BCUT2D eigenvalue weighted by Crippen LogP contribution is -2.15. The molecule has 3 nitrogen and oxygen atoms in total. The predicted molar refractivity (Wildman–Crippen MR) is 203 cm³/mol. The van der Waals surface area contributed by atoms with E-state index in [1.54, 1.807) is 0 Å². The van der Waals surface area contributed by atoms with Crippen LogP contribution in [-0.2, 0) is 5.41 Å². The molecule has 0 amide bonds. The van der Waals surface area contributed by atoms with Crippen molar-refractivity contribution >= 4 is 32.3 Å². The van der Waals surface area contributed by atoms with Gasteiger partial charge in [0.1, 0.15) is 0 Å². The van der Waals surface area contributed by atoms with Crippen LogP contribution in [0.15, 0.2) is 152 Å². The molecule has 1 aliphatic rings. The van der Waals surface area contributed by atoms with Crippen molar-refractivity contribution < 1.29 is 0 Å². The van der Waals surface area contributed by atoms with Gasteiger partial charge < -0.3 is 0 Å². The first-order chi connectivity index (χ1) is 24.0. The maximum atomic E-state index is 5.01. The normalized spacial score (nSPS) is 13.3. The molecule has 8 aromatic carbocycles. The molecule has 49 heavy (non-hydrogen) atoms. The average molecular weight is 626 g/mol. The van der Waals surface area contributed by atoms with Crippen LogP contribution in [-0.4, -0.2) is 15.0 Å². The largest absolute Gasteiger partial charge is 0.208 e. The molecule has 3 heteroatoms. The van der Waals surface area contributed by atoms with Crippen LogP contribution in [0, 0.1) is 0 Å². The summed E-state index contributed by atoms with van der Waals surface area (Å²) in [6.45, 7) is 4.68. The summed E-state index contributed by atoms with van der Waals surface area (Å²) in [5.74, 6) is 2.01. The van der Waals surface area contributed by atoms with Gasteiger partial charge in [-0.1, -0.05) is 153 Å². The first-order valence-electron chi connectivity index (χ1n) is 16.9. The Morgan fingerprint density at radius 3 is 1.59 bits per heavy atom. The standard InChI is InChI=1S/C46H31N3/c1-46(2)39-25-21-34(45-48-43(31-10-5-3-6-11-31)47-44(49-45)32-12-7-4-8-13-32)26-38(39)36-23-20-33(27-40(36)46)35-22-18-30-17-16-28-14-9-15-29-19-24-37(35)42(30)41(28)29/h3-27H,1-2H3. The van der Waals surface area contributed by atoms with Gasteiger partial charge >= 0.3 is 0 Å². The van der Waals surface area contributed by atoms with Crippen molar-refractivity contribution in [1.29, 1.82) is 0 Å². The molecule has 0 bridgehead atoms. The first kappa shape index (κ1) is 27.9. The Labute approximate surface area is 284 Å². The highest BCUT2D eigenvalue weighted by Crippen LogP contribution is 2.51. The number of fused-ring (bicyclic) bond motifs is 3. The maximum Gasteiger partial charge on any atom is 0.164 e. The molecule has 0 radical (unpaired) electrons. The van der Waals surface area contributed by atoms with E-state index >= 15 is 0 Å². The molecular formula is C46H31N3. The van der Waals surface area contributed by atoms with Crippen LogP contribution in [0.1, 0.15) is 25.0 Å². The van der Waals surface area contributed by atoms with E-state index in [1.165, 1.54) is 65.7 Å². The molecule has 0 saturated carbocycles. The number of hydrogen-bond acceptors (Lipinski definition) is 3. The molecule has 10 rings (SSSR count). The third-order valence-electron chi connectivity index (χ3n) is 10.5. The van der Waals surface area contributed by atoms with Gasteiger partial charge in [-0.25, -0.2) is 15.0 Å². The van der Waals surface area contributed by atoms with Crippen LogP contribution in [0.2, 0.25) is 0 Å². The number of aromatic nitrogens is 3. The summed E-state index contributed by atoms with van der Waals surface area (Å²) in [5.41, 5.74) is 10.4. The van der Waals surface area contributed by atoms with Gasteiger partial charge in [-0.3, -0.25) is 0 Å². The lowest BCUT2D eigenvalue weighted by Gasteiger charge is -2.22. The topological polar surface area (TPSA) is 38.7 Å². The lowest BCUT2D eigenvalue weighted by molar-refractivity contribution is 0.660. The molecule has 0 aliphatic heterocycles. The minimum Gasteiger partial charge on any atom is -0.208 e. The zero-order chi connectivity index (χ0) is 32.7. The highest BCUT2D eigenvalue weighted by Gasteiger charge is 2.36. The SMILES string of the molecule is CC1(C)c2ccc(-c3nc(-c4ccccc4)nc(-c4ccccc4)n3)cc2-c2ccc(-c3ccc4ccc5cccc6ccc3c4c56)cc21. The van der Waals surface area contributed by atoms with E-state index < -0.39 is 0 Å². The summed E-state index contributed by atoms with van der Waals surface area (Å²) in [5, 5.41) is 7.87. The van der Waals surface area contributed by atoms with E-state index in [0.29, 0.717) is 17.5 Å². The van der Waals surface area contributed by atoms with Gasteiger partial charge in [0.15, 0.2) is 17.5 Å². The Kier molecular flexibility index (Phi) is 5.92. The van der Waals surface area contributed by atoms with Gasteiger partial charge in [0.05, 0.1) is 0 Å². The molecule has 230 valence electrons. The van der Waals surface area contributed by atoms with Crippen molar-refractivity contribution in [2.45, 2.75) is 19.3 Å². The van der Waals surface area contributed by atoms with Crippen molar-refractivity contribution in [2.75, 3.05) is 0 Å². The Hall–Kier alpha value is -6.19. The second-order valence-electron chi connectivity index (χ2n) is 13.7. The van der Waals surface area contributed by atoms with Crippen molar-refractivity contribution in [2.24, 2.45) is 0 Å². The number of benzene rings is 8. The highest BCUT2D eigenvalue weighted by atomic mass is 15.0. The average Bonchev–Trinajstić information content (AvgIpc) is 3.39. The Bertz CT molecular complexity index is 2650. The van der Waals surface area contributed by atoms with Crippen LogP contribution in [0.4, 0.5) is 0 Å². The fraction of sp³-hybridized carbons (Fsp3) is 0.0652. The van der Waals surface area contributed by atoms with Crippen LogP contribution in [0.25, 0.3) is 88.7 Å². The molecule has 1 aliphatic carbocycles. The minimum atomic E-state index is -0.160. The van der Waals surface area contributed by atoms with Crippen LogP contribution in [0.5, 0.6) is 0 Å². The maximum absolute atomic E-state index is 5.01. The van der Waals surface area contributed by atoms with Gasteiger partial charge in [0.2, 0.25) is 0 Å². The molecule has 9 aromatic rings. The summed E-state index contributed by atoms with van der Waals surface area (Å²) >= 11 is 0. The fourth-order valence-corrected chi connectivity index (χ4v) is 7.98. The number of nitrogens with zero attached hydrogens (tertiary/aromatic N) is 3. The monoisotopic (exact) mass is 625 g/mol. The zero-order valence-electron chi connectivity index (χ0n) is 27.3. The van der Waals surface area contributed by atoms with Crippen LogP contribution < -0.4 is 0 Å². The molecular weight excluding hydrogens is 595 g/mol. The molecule has 0 unspecified atom stereocenters. The Morgan fingerprint density at radius 2 is 0.918 bits per heavy atom. The summed E-state index contributed by atoms with van der Waals surface area (Å²) in [4.78, 5) is 14.9. The second-order valence-corrected chi connectivity index (χ2v) is 13.7. The van der Waals surface area contributed by atoms with Gasteiger partial charge in [0, 0.05) is 22.1 Å². The highest BCUT2D eigenvalue weighted by molar-refractivity contribution is 6.25. The first-order valence-corrected chi connectivity index (χ1v) is 16.9. The third-order valence-corrected chi connectivity index (χ3v) is 10.5. The van der Waals surface area contributed by atoms with Crippen molar-refractivity contribution in [3.8, 4) is 56.4 Å². The van der Waals surface area contributed by atoms with Crippen molar-refractivity contribution in [1.82, 2.24) is 15.0 Å². The van der Waals surface area contributed by atoms with Gasteiger partial charge in [-0.05, 0) is 77.8 Å². The fourth-order valence-electron chi connectivity index (χ4n) is 7.98. The van der Waals surface area contributed by atoms with Crippen LogP contribution >= 0.6 is 0 Å². The summed E-state index contributed by atoms with van der Waals surface area (Å²) in [6.07, 6.45) is 0. The smallest absolute Gasteiger partial charge is 0.164 e. The molecule has 0 fully saturated rings. The Balaban J connectivity index is 1.11. The van der Waals surface area contributed by atoms with E-state index in [0.717, 1.165) is 16.7 Å². The van der Waals surface area contributed by atoms with Gasteiger partial charge in [-0.15, -0.1) is 0 Å². The van der Waals surface area contributed by atoms with E-state index in [9.17, 15) is 0 Å². The predicted octanol–water partition coefficient (Wildman–Crippen LogP) is 11.7. The van der Waals surface area contributed by atoms with Gasteiger partial charge in [-0.2, -0.15) is 0 Å². The quantitative estimate of drug-likeness (QED) is 0.183. The van der Waals surface area contributed by atoms with Gasteiger partial charge in [0.25, 0.3) is 0 Å². The summed E-state index contributed by atoms with van der Waals surface area (Å²) in [7, 11) is 0. The van der Waals surface area contributed by atoms with E-state index in [4.69, 9.17) is 15.0 Å². The molecule has 0 saturated heterocycles. The van der Waals surface area contributed by atoms with E-state index in [2.05, 4.69) is 105 Å². The second kappa shape index (κ2) is 10.4. The molecule has 0 atom stereocenters. The summed E-state index contributed by atoms with van der Waals surface area (Å²) < 4.78 is 0.